The molecule has 0 fully saturated rings. The minimum Gasteiger partial charge on any atom is -0.457 e. The molecule has 8 aromatic rings. The molecule has 0 saturated carbocycles. The van der Waals surface area contributed by atoms with Crippen molar-refractivity contribution < 1.29 is 9.47 Å². The average molecular weight is 689 g/mol. The Morgan fingerprint density at radius 3 is 1.71 bits per heavy atom. The van der Waals surface area contributed by atoms with Crippen molar-refractivity contribution >= 4 is 67.4 Å². The normalized spacial score (nSPS) is 14.7. The van der Waals surface area contributed by atoms with Crippen LogP contribution in [0.5, 0.6) is 23.0 Å². The van der Waals surface area contributed by atoms with Crippen LogP contribution in [0.25, 0.3) is 21.5 Å². The Kier molecular flexibility index (Phi) is 6.20. The van der Waals surface area contributed by atoms with Crippen molar-refractivity contribution in [3.63, 3.8) is 0 Å². The van der Waals surface area contributed by atoms with Crippen LogP contribution in [0, 0.1) is 0 Å². The largest absolute Gasteiger partial charge is 0.457 e. The zero-order chi connectivity index (χ0) is 34.6. The molecule has 0 radical (unpaired) electrons. The van der Waals surface area contributed by atoms with Crippen LogP contribution >= 0.6 is 11.8 Å². The Bertz CT molecular complexity index is 2600. The summed E-state index contributed by atoms with van der Waals surface area (Å²) in [6.07, 6.45) is 0. The second kappa shape index (κ2) is 10.9. The topological polar surface area (TPSA) is 24.9 Å². The number of hydrogen-bond acceptors (Lipinski definition) is 5. The monoisotopic (exact) mass is 688 g/mol. The summed E-state index contributed by atoms with van der Waals surface area (Å²) in [6, 6.07) is 56.3. The van der Waals surface area contributed by atoms with Gasteiger partial charge in [0.15, 0.2) is 11.5 Å². The van der Waals surface area contributed by atoms with Gasteiger partial charge in [0.2, 0.25) is 0 Å². The summed E-state index contributed by atoms with van der Waals surface area (Å²) in [5, 5.41) is 4.78. The first kappa shape index (κ1) is 29.5. The molecule has 3 heterocycles. The highest BCUT2D eigenvalue weighted by atomic mass is 32.2. The molecule has 11 rings (SSSR count). The minimum absolute atomic E-state index is 0.367. The quantitative estimate of drug-likeness (QED) is 0.180. The van der Waals surface area contributed by atoms with Crippen LogP contribution < -0.4 is 19.3 Å². The lowest BCUT2D eigenvalue weighted by Gasteiger charge is -2.39. The molecule has 52 heavy (non-hydrogen) atoms. The second-order valence-corrected chi connectivity index (χ2v) is 15.2. The first-order valence-corrected chi connectivity index (χ1v) is 18.5. The summed E-state index contributed by atoms with van der Waals surface area (Å²) in [4.78, 5) is 7.29. The van der Waals surface area contributed by atoms with Crippen LogP contribution in [0.1, 0.15) is 25.0 Å². The third-order valence-corrected chi connectivity index (χ3v) is 12.0. The van der Waals surface area contributed by atoms with Gasteiger partial charge < -0.3 is 19.3 Å². The van der Waals surface area contributed by atoms with Gasteiger partial charge in [0.1, 0.15) is 11.5 Å². The first-order valence-electron chi connectivity index (χ1n) is 17.7. The van der Waals surface area contributed by atoms with E-state index in [4.69, 9.17) is 9.47 Å². The zero-order valence-electron chi connectivity index (χ0n) is 28.6. The van der Waals surface area contributed by atoms with Gasteiger partial charge in [-0.25, -0.2) is 0 Å². The molecule has 0 atom stereocenters. The summed E-state index contributed by atoms with van der Waals surface area (Å²) in [7, 11) is 0. The maximum atomic E-state index is 6.75. The molecule has 0 aliphatic carbocycles. The molecule has 8 aromatic carbocycles. The fourth-order valence-corrected chi connectivity index (χ4v) is 9.38. The number of fused-ring (bicyclic) bond motifs is 10. The molecule has 0 unspecified atom stereocenters. The summed E-state index contributed by atoms with van der Waals surface area (Å²) in [6.45, 7) is 4.64. The number of benzene rings is 8. The lowest BCUT2D eigenvalue weighted by Crippen LogP contribution is -2.26. The van der Waals surface area contributed by atoms with E-state index in [2.05, 4.69) is 169 Å². The maximum absolute atomic E-state index is 6.75. The Morgan fingerprint density at radius 1 is 0.442 bits per heavy atom. The summed E-state index contributed by atoms with van der Waals surface area (Å²) >= 11 is 1.84. The first-order chi connectivity index (χ1) is 25.5. The van der Waals surface area contributed by atoms with E-state index in [0.717, 1.165) is 62.3 Å². The fraction of sp³-hybridized carbons (Fsp3) is 0.0638. The van der Waals surface area contributed by atoms with Crippen molar-refractivity contribution in [2.45, 2.75) is 29.1 Å². The van der Waals surface area contributed by atoms with Gasteiger partial charge in [-0.05, 0) is 83.6 Å². The highest BCUT2D eigenvalue weighted by Gasteiger charge is 2.37. The predicted molar refractivity (Wildman–Crippen MR) is 214 cm³/mol. The molecule has 0 amide bonds. The van der Waals surface area contributed by atoms with Gasteiger partial charge >= 0.3 is 0 Å². The molecule has 0 bridgehead atoms. The Labute approximate surface area is 306 Å². The van der Waals surface area contributed by atoms with E-state index in [-0.39, 0.29) is 5.41 Å². The van der Waals surface area contributed by atoms with Gasteiger partial charge in [-0.15, -0.1) is 0 Å². The molecule has 4 nitrogen and oxygen atoms in total. The zero-order valence-corrected chi connectivity index (χ0v) is 29.4. The maximum Gasteiger partial charge on any atom is 0.152 e. The smallest absolute Gasteiger partial charge is 0.152 e. The van der Waals surface area contributed by atoms with E-state index < -0.39 is 0 Å². The molecular weight excluding hydrogens is 657 g/mol. The van der Waals surface area contributed by atoms with Crippen molar-refractivity contribution in [3.05, 3.63) is 169 Å². The predicted octanol–water partition coefficient (Wildman–Crippen LogP) is 13.9. The molecule has 0 saturated heterocycles. The number of anilines is 6. The van der Waals surface area contributed by atoms with Crippen molar-refractivity contribution in [1.29, 1.82) is 0 Å². The minimum atomic E-state index is -0.367. The van der Waals surface area contributed by atoms with Crippen LogP contribution in [0.2, 0.25) is 0 Å². The molecule has 248 valence electrons. The van der Waals surface area contributed by atoms with E-state index in [1.54, 1.807) is 0 Å². The highest BCUT2D eigenvalue weighted by Crippen LogP contribution is 2.58. The second-order valence-electron chi connectivity index (χ2n) is 14.2. The molecule has 5 heteroatoms. The van der Waals surface area contributed by atoms with Gasteiger partial charge in [0.25, 0.3) is 0 Å². The third kappa shape index (κ3) is 4.23. The molecule has 0 N–H and O–H groups in total. The summed E-state index contributed by atoms with van der Waals surface area (Å²) in [5.74, 6) is 3.44. The van der Waals surface area contributed by atoms with Gasteiger partial charge in [-0.3, -0.25) is 0 Å². The van der Waals surface area contributed by atoms with Crippen LogP contribution in [0.4, 0.5) is 34.1 Å². The fourth-order valence-electron chi connectivity index (χ4n) is 8.30. The van der Waals surface area contributed by atoms with Crippen LogP contribution in [-0.2, 0) is 5.41 Å². The Balaban J connectivity index is 1.08. The molecule has 0 spiro atoms. The third-order valence-electron chi connectivity index (χ3n) is 10.8. The Morgan fingerprint density at radius 2 is 0.981 bits per heavy atom. The van der Waals surface area contributed by atoms with Crippen molar-refractivity contribution in [2.24, 2.45) is 0 Å². The Hall–Kier alpha value is -6.17. The van der Waals surface area contributed by atoms with Crippen molar-refractivity contribution in [2.75, 3.05) is 9.80 Å². The highest BCUT2D eigenvalue weighted by molar-refractivity contribution is 7.99. The van der Waals surface area contributed by atoms with Crippen molar-refractivity contribution in [1.82, 2.24) is 0 Å². The van der Waals surface area contributed by atoms with E-state index >= 15 is 0 Å². The molecule has 0 aromatic heterocycles. The van der Waals surface area contributed by atoms with E-state index in [1.807, 2.05) is 23.9 Å². The van der Waals surface area contributed by atoms with Crippen LogP contribution in [0.3, 0.4) is 0 Å². The lowest BCUT2D eigenvalue weighted by atomic mass is 9.75. The number of rotatable bonds is 2. The summed E-state index contributed by atoms with van der Waals surface area (Å²) < 4.78 is 13.3. The van der Waals surface area contributed by atoms with Gasteiger partial charge in [0, 0.05) is 48.5 Å². The van der Waals surface area contributed by atoms with E-state index in [0.29, 0.717) is 0 Å². The lowest BCUT2D eigenvalue weighted by molar-refractivity contribution is 0.418. The molecule has 3 aliphatic rings. The van der Waals surface area contributed by atoms with E-state index in [9.17, 15) is 0 Å². The number of hydrogen-bond donors (Lipinski definition) is 0. The average Bonchev–Trinajstić information content (AvgIpc) is 3.19. The van der Waals surface area contributed by atoms with Gasteiger partial charge in [-0.2, -0.15) is 0 Å². The molecule has 3 aliphatic heterocycles. The van der Waals surface area contributed by atoms with Gasteiger partial charge in [0.05, 0.1) is 22.7 Å². The SMILES string of the molecule is CC1(C)c2cc(N3c4ccccc4Oc4ccc5ccccc5c43)ccc2Oc2ccc(N3c4ccccc4Sc4ccc5ccccc5c43)cc21. The number of para-hydroxylation sites is 3. The summed E-state index contributed by atoms with van der Waals surface area (Å²) in [5.41, 5.74) is 8.56. The standard InChI is InChI=1S/C47H32N2O2S/c1-47(2)35-27-31(48-37-15-7-9-17-41(37)51-42-23-19-29-11-3-5-13-33(29)45(42)48)21-24-39(35)50-40-25-22-32(28-36(40)47)49-38-16-8-10-18-43(38)52-44-26-20-30-12-4-6-14-34(30)46(44)49/h3-28H,1-2H3. The van der Waals surface area contributed by atoms with Crippen LogP contribution in [0.15, 0.2) is 168 Å². The molecular formula is C47H32N2O2S. The van der Waals surface area contributed by atoms with E-state index in [1.165, 1.54) is 37.3 Å². The number of nitrogens with zero attached hydrogens (tertiary/aromatic N) is 2. The van der Waals surface area contributed by atoms with Crippen molar-refractivity contribution in [3.8, 4) is 23.0 Å². The van der Waals surface area contributed by atoms with Gasteiger partial charge in [-0.1, -0.05) is 111 Å². The van der Waals surface area contributed by atoms with Crippen LogP contribution in [-0.4, -0.2) is 0 Å². The number of ether oxygens (including phenoxy) is 2.